The maximum Gasteiger partial charge on any atom is 0.306 e. The molecule has 0 aromatic heterocycles. The first-order valence-corrected chi connectivity index (χ1v) is 26.1. The van der Waals surface area contributed by atoms with Crippen LogP contribution in [0, 0.1) is 0 Å². The van der Waals surface area contributed by atoms with Crippen molar-refractivity contribution in [1.82, 2.24) is 0 Å². The van der Waals surface area contributed by atoms with E-state index in [9.17, 15) is 9.59 Å². The van der Waals surface area contributed by atoms with Gasteiger partial charge in [0.15, 0.2) is 6.10 Å². The number of hydrogen-bond donors (Lipinski definition) is 0. The molecule has 0 saturated carbocycles. The van der Waals surface area contributed by atoms with Gasteiger partial charge in [-0.25, -0.2) is 0 Å². The van der Waals surface area contributed by atoms with Crippen LogP contribution in [0.3, 0.4) is 0 Å². The van der Waals surface area contributed by atoms with Crippen LogP contribution in [0.4, 0.5) is 0 Å². The van der Waals surface area contributed by atoms with Gasteiger partial charge in [-0.3, -0.25) is 9.59 Å². The van der Waals surface area contributed by atoms with Gasteiger partial charge in [-0.05, 0) is 109 Å². The molecule has 0 spiro atoms. The standard InChI is InChI=1S/C57H98O5/c1-4-7-10-13-16-19-22-24-26-27-28-29-30-32-34-37-40-43-46-49-52-60-53-55(62-57(59)51-48-45-42-39-35-21-18-15-12-9-6-3)54-61-56(58)50-47-44-41-38-36-33-31-25-23-20-17-14-11-8-5-2/h7,10,15-16,18-19,24-26,28-29,31-32,34,55H,4-6,8-9,11-14,17,20-23,27,30,33,35-54H2,1-3H3/b10-7-,18-15-,19-16-,26-24-,29-28-,31-25-,34-32-. The van der Waals surface area contributed by atoms with Crippen molar-refractivity contribution in [3.05, 3.63) is 85.1 Å². The summed E-state index contributed by atoms with van der Waals surface area (Å²) >= 11 is 0. The van der Waals surface area contributed by atoms with Crippen molar-refractivity contribution in [3.63, 3.8) is 0 Å². The summed E-state index contributed by atoms with van der Waals surface area (Å²) in [6.07, 6.45) is 68.8. The average molecular weight is 863 g/mol. The molecule has 0 N–H and O–H groups in total. The SMILES string of the molecule is CC/C=C\C/C=C\C/C=C\C/C=C\C/C=C\CCCCCCOCC(COC(=O)CCCCCCC/C=C\CCCCCCCC)OC(=O)CCCCCCC/C=C\CCCC. The van der Waals surface area contributed by atoms with Gasteiger partial charge in [0.2, 0.25) is 0 Å². The largest absolute Gasteiger partial charge is 0.462 e. The lowest BCUT2D eigenvalue weighted by Crippen LogP contribution is -2.30. The molecule has 0 aliphatic heterocycles. The number of carbonyl (C=O) groups excluding carboxylic acids is 2. The van der Waals surface area contributed by atoms with E-state index in [-0.39, 0.29) is 25.2 Å². The minimum atomic E-state index is -0.560. The van der Waals surface area contributed by atoms with Crippen molar-refractivity contribution < 1.29 is 23.8 Å². The van der Waals surface area contributed by atoms with Gasteiger partial charge in [-0.15, -0.1) is 0 Å². The number of hydrogen-bond acceptors (Lipinski definition) is 5. The van der Waals surface area contributed by atoms with E-state index in [0.717, 1.165) is 103 Å². The van der Waals surface area contributed by atoms with Crippen LogP contribution in [0.2, 0.25) is 0 Å². The fraction of sp³-hybridized carbons (Fsp3) is 0.719. The molecule has 0 aliphatic carbocycles. The van der Waals surface area contributed by atoms with Gasteiger partial charge in [0, 0.05) is 19.4 Å². The van der Waals surface area contributed by atoms with Gasteiger partial charge in [0.1, 0.15) is 6.61 Å². The Morgan fingerprint density at radius 2 is 0.742 bits per heavy atom. The molecular formula is C57H98O5. The van der Waals surface area contributed by atoms with Crippen LogP contribution < -0.4 is 0 Å². The number of carbonyl (C=O) groups is 2. The average Bonchev–Trinajstić information content (AvgIpc) is 3.27. The van der Waals surface area contributed by atoms with E-state index >= 15 is 0 Å². The summed E-state index contributed by atoms with van der Waals surface area (Å²) in [5, 5.41) is 0. The molecule has 0 aromatic rings. The molecule has 0 fully saturated rings. The lowest BCUT2D eigenvalue weighted by molar-refractivity contribution is -0.163. The van der Waals surface area contributed by atoms with Crippen molar-refractivity contribution >= 4 is 11.9 Å². The molecule has 356 valence electrons. The molecule has 0 amide bonds. The fourth-order valence-electron chi connectivity index (χ4n) is 6.98. The second-order valence-corrected chi connectivity index (χ2v) is 17.0. The third-order valence-corrected chi connectivity index (χ3v) is 10.9. The van der Waals surface area contributed by atoms with E-state index < -0.39 is 6.10 Å². The number of esters is 2. The van der Waals surface area contributed by atoms with Crippen molar-refractivity contribution in [2.75, 3.05) is 19.8 Å². The molecule has 5 heteroatoms. The van der Waals surface area contributed by atoms with E-state index in [1.165, 1.54) is 103 Å². The molecule has 62 heavy (non-hydrogen) atoms. The molecule has 5 nitrogen and oxygen atoms in total. The predicted molar refractivity (Wildman–Crippen MR) is 270 cm³/mol. The van der Waals surface area contributed by atoms with Crippen LogP contribution >= 0.6 is 0 Å². The van der Waals surface area contributed by atoms with Crippen LogP contribution in [-0.2, 0) is 23.8 Å². The molecule has 0 aromatic carbocycles. The van der Waals surface area contributed by atoms with Gasteiger partial charge in [-0.2, -0.15) is 0 Å². The highest BCUT2D eigenvalue weighted by Gasteiger charge is 2.17. The summed E-state index contributed by atoms with van der Waals surface area (Å²) in [6, 6.07) is 0. The molecule has 0 heterocycles. The van der Waals surface area contributed by atoms with Gasteiger partial charge in [0.25, 0.3) is 0 Å². The summed E-state index contributed by atoms with van der Waals surface area (Å²) in [4.78, 5) is 25.4. The Kier molecular flexibility index (Phi) is 50.0. The van der Waals surface area contributed by atoms with Crippen LogP contribution in [-0.4, -0.2) is 37.9 Å². The summed E-state index contributed by atoms with van der Waals surface area (Å²) in [7, 11) is 0. The maximum absolute atomic E-state index is 12.8. The highest BCUT2D eigenvalue weighted by molar-refractivity contribution is 5.70. The molecular weight excluding hydrogens is 765 g/mol. The third kappa shape index (κ3) is 49.7. The van der Waals surface area contributed by atoms with Crippen LogP contribution in [0.15, 0.2) is 85.1 Å². The maximum atomic E-state index is 12.8. The Morgan fingerprint density at radius 1 is 0.371 bits per heavy atom. The smallest absolute Gasteiger partial charge is 0.306 e. The van der Waals surface area contributed by atoms with Gasteiger partial charge in [-0.1, -0.05) is 202 Å². The Hall–Kier alpha value is -2.92. The van der Waals surface area contributed by atoms with Crippen molar-refractivity contribution in [1.29, 1.82) is 0 Å². The molecule has 1 atom stereocenters. The van der Waals surface area contributed by atoms with Crippen LogP contribution in [0.25, 0.3) is 0 Å². The van der Waals surface area contributed by atoms with Crippen molar-refractivity contribution in [2.45, 2.75) is 245 Å². The van der Waals surface area contributed by atoms with Crippen molar-refractivity contribution in [3.8, 4) is 0 Å². The van der Waals surface area contributed by atoms with Gasteiger partial charge < -0.3 is 14.2 Å². The molecule has 0 aliphatic rings. The zero-order chi connectivity index (χ0) is 44.9. The monoisotopic (exact) mass is 863 g/mol. The molecule has 0 bridgehead atoms. The highest BCUT2D eigenvalue weighted by atomic mass is 16.6. The second-order valence-electron chi connectivity index (χ2n) is 17.0. The zero-order valence-corrected chi connectivity index (χ0v) is 40.9. The first-order chi connectivity index (χ1) is 30.6. The van der Waals surface area contributed by atoms with E-state index in [1.54, 1.807) is 0 Å². The lowest BCUT2D eigenvalue weighted by atomic mass is 10.1. The Labute approximate surface area is 384 Å². The summed E-state index contributed by atoms with van der Waals surface area (Å²) in [6.45, 7) is 7.60. The molecule has 0 saturated heterocycles. The van der Waals surface area contributed by atoms with E-state index in [1.807, 2.05) is 0 Å². The van der Waals surface area contributed by atoms with Gasteiger partial charge in [0.05, 0.1) is 6.61 Å². The van der Waals surface area contributed by atoms with E-state index in [4.69, 9.17) is 14.2 Å². The topological polar surface area (TPSA) is 61.8 Å². The van der Waals surface area contributed by atoms with Gasteiger partial charge >= 0.3 is 11.9 Å². The minimum absolute atomic E-state index is 0.0642. The molecule has 1 unspecified atom stereocenters. The normalized spacial score (nSPS) is 12.9. The first-order valence-electron chi connectivity index (χ1n) is 26.1. The Bertz CT molecular complexity index is 1160. The summed E-state index contributed by atoms with van der Waals surface area (Å²) in [5.41, 5.74) is 0. The summed E-state index contributed by atoms with van der Waals surface area (Å²) in [5.74, 6) is -0.433. The second kappa shape index (κ2) is 52.4. The quantitative estimate of drug-likeness (QED) is 0.0346. The molecule has 0 rings (SSSR count). The number of unbranched alkanes of at least 4 members (excludes halogenated alkanes) is 22. The van der Waals surface area contributed by atoms with E-state index in [0.29, 0.717) is 19.4 Å². The number of rotatable bonds is 47. The minimum Gasteiger partial charge on any atom is -0.462 e. The Balaban J connectivity index is 4.31. The highest BCUT2D eigenvalue weighted by Crippen LogP contribution is 2.13. The predicted octanol–water partition coefficient (Wildman–Crippen LogP) is 17.7. The molecule has 0 radical (unpaired) electrons. The first kappa shape index (κ1) is 59.1. The number of allylic oxidation sites excluding steroid dienone is 14. The van der Waals surface area contributed by atoms with Crippen LogP contribution in [0.1, 0.15) is 239 Å². The summed E-state index contributed by atoms with van der Waals surface area (Å²) < 4.78 is 17.4. The lowest BCUT2D eigenvalue weighted by Gasteiger charge is -2.18. The van der Waals surface area contributed by atoms with Crippen LogP contribution in [0.5, 0.6) is 0 Å². The fourth-order valence-corrected chi connectivity index (χ4v) is 6.98. The van der Waals surface area contributed by atoms with Crippen molar-refractivity contribution in [2.24, 2.45) is 0 Å². The third-order valence-electron chi connectivity index (χ3n) is 10.9. The van der Waals surface area contributed by atoms with E-state index in [2.05, 4.69) is 106 Å². The number of ether oxygens (including phenoxy) is 3. The Morgan fingerprint density at radius 3 is 1.23 bits per heavy atom. The zero-order valence-electron chi connectivity index (χ0n) is 40.9.